The topological polar surface area (TPSA) is 18.0 Å². The molecule has 0 saturated carbocycles. The Balaban J connectivity index is 1.15. The zero-order valence-corrected chi connectivity index (χ0v) is 30.6. The summed E-state index contributed by atoms with van der Waals surface area (Å²) in [6.07, 6.45) is 0. The smallest absolute Gasteiger partial charge is 0.0534 e. The van der Waals surface area contributed by atoms with E-state index in [2.05, 4.69) is 206 Å². The first-order valence-corrected chi connectivity index (χ1v) is 18.1. The van der Waals surface area contributed by atoms with Crippen LogP contribution in [-0.4, -0.2) is 13.7 Å². The van der Waals surface area contributed by atoms with Gasteiger partial charge in [0.15, 0.2) is 0 Å². The minimum atomic E-state index is 1.10. The van der Waals surface area contributed by atoms with Gasteiger partial charge in [-0.25, -0.2) is 0 Å². The monoisotopic (exact) mass is 674 g/mol. The van der Waals surface area contributed by atoms with E-state index in [1.54, 1.807) is 0 Å². The molecule has 0 unspecified atom stereocenters. The Bertz CT molecular complexity index is 2460. The maximum Gasteiger partial charge on any atom is 0.0534 e. The van der Waals surface area contributed by atoms with Gasteiger partial charge in [-0.1, -0.05) is 54.6 Å². The van der Waals surface area contributed by atoms with Gasteiger partial charge in [0.05, 0.1) is 16.6 Å². The zero-order chi connectivity index (χ0) is 35.7. The molecule has 3 heterocycles. The predicted molar refractivity (Wildman–Crippen MR) is 220 cm³/mol. The summed E-state index contributed by atoms with van der Waals surface area (Å²) in [6.45, 7) is 13.3. The highest BCUT2D eigenvalue weighted by atomic mass is 15.1. The van der Waals surface area contributed by atoms with Gasteiger partial charge in [-0.2, -0.15) is 0 Å². The van der Waals surface area contributed by atoms with E-state index < -0.39 is 0 Å². The van der Waals surface area contributed by atoms with Gasteiger partial charge in [0.25, 0.3) is 0 Å². The maximum absolute atomic E-state index is 2.37. The van der Waals surface area contributed by atoms with Crippen LogP contribution in [0.5, 0.6) is 0 Å². The average Bonchev–Trinajstić information content (AvgIpc) is 3.71. The molecule has 3 aromatic heterocycles. The molecule has 0 N–H and O–H groups in total. The van der Waals surface area contributed by atoms with Crippen LogP contribution in [0.25, 0.3) is 49.8 Å². The third-order valence-corrected chi connectivity index (χ3v) is 11.4. The number of anilines is 3. The van der Waals surface area contributed by atoms with Crippen molar-refractivity contribution in [1.29, 1.82) is 0 Å². The first kappa shape index (κ1) is 31.7. The van der Waals surface area contributed by atoms with Gasteiger partial charge in [-0.05, 0) is 149 Å². The number of aromatic nitrogens is 3. The Morgan fingerprint density at radius 3 is 0.827 bits per heavy atom. The van der Waals surface area contributed by atoms with Gasteiger partial charge in [-0.15, -0.1) is 0 Å². The van der Waals surface area contributed by atoms with Crippen molar-refractivity contribution in [2.75, 3.05) is 4.90 Å². The molecule has 0 atom stereocenters. The molecular weight excluding hydrogens is 633 g/mol. The second-order valence-corrected chi connectivity index (χ2v) is 14.1. The molecule has 52 heavy (non-hydrogen) atoms. The highest BCUT2D eigenvalue weighted by molar-refractivity contribution is 5.89. The van der Waals surface area contributed by atoms with Crippen LogP contribution in [0.4, 0.5) is 17.1 Å². The van der Waals surface area contributed by atoms with Gasteiger partial charge < -0.3 is 18.6 Å². The van der Waals surface area contributed by atoms with E-state index in [4.69, 9.17) is 0 Å². The van der Waals surface area contributed by atoms with E-state index in [1.165, 1.54) is 66.5 Å². The molecule has 0 amide bonds. The van der Waals surface area contributed by atoms with Crippen LogP contribution in [0, 0.1) is 41.5 Å². The number of aryl methyl sites for hydroxylation is 3. The highest BCUT2D eigenvalue weighted by Crippen LogP contribution is 2.38. The number of nitrogens with zero attached hydrogens (tertiary/aromatic N) is 4. The van der Waals surface area contributed by atoms with Crippen LogP contribution in [0.15, 0.2) is 146 Å². The fourth-order valence-corrected chi connectivity index (χ4v) is 8.28. The minimum absolute atomic E-state index is 1.10. The average molecular weight is 675 g/mol. The van der Waals surface area contributed by atoms with E-state index in [9.17, 15) is 0 Å². The fourth-order valence-electron chi connectivity index (χ4n) is 8.28. The van der Waals surface area contributed by atoms with Gasteiger partial charge >= 0.3 is 0 Å². The Morgan fingerprint density at radius 1 is 0.308 bits per heavy atom. The van der Waals surface area contributed by atoms with Crippen molar-refractivity contribution >= 4 is 49.8 Å². The lowest BCUT2D eigenvalue weighted by Gasteiger charge is -2.26. The molecule has 0 radical (unpaired) electrons. The summed E-state index contributed by atoms with van der Waals surface area (Å²) in [7, 11) is 0. The molecule has 0 saturated heterocycles. The first-order valence-electron chi connectivity index (χ1n) is 18.1. The molecule has 6 aromatic carbocycles. The first-order chi connectivity index (χ1) is 25.3. The molecule has 4 heteroatoms. The van der Waals surface area contributed by atoms with Crippen LogP contribution in [0.3, 0.4) is 0 Å². The summed E-state index contributed by atoms with van der Waals surface area (Å²) in [5.74, 6) is 0. The normalized spacial score (nSPS) is 11.7. The zero-order valence-electron chi connectivity index (χ0n) is 30.6. The third-order valence-electron chi connectivity index (χ3n) is 11.4. The summed E-state index contributed by atoms with van der Waals surface area (Å²) < 4.78 is 7.12. The Kier molecular flexibility index (Phi) is 7.44. The lowest BCUT2D eigenvalue weighted by atomic mass is 10.1. The van der Waals surface area contributed by atoms with Crippen molar-refractivity contribution in [3.05, 3.63) is 179 Å². The molecule has 9 rings (SSSR count). The predicted octanol–water partition coefficient (Wildman–Crippen LogP) is 12.8. The van der Waals surface area contributed by atoms with E-state index >= 15 is 0 Å². The molecule has 9 aromatic rings. The fraction of sp³-hybridized carbons (Fsp3) is 0.125. The molecule has 254 valence electrons. The van der Waals surface area contributed by atoms with Gasteiger partial charge in [0.1, 0.15) is 0 Å². The second kappa shape index (κ2) is 12.2. The molecule has 0 bridgehead atoms. The summed E-state index contributed by atoms with van der Waals surface area (Å²) in [5, 5.41) is 3.90. The number of rotatable bonds is 6. The van der Waals surface area contributed by atoms with E-state index in [1.807, 2.05) is 0 Å². The minimum Gasteiger partial charge on any atom is -0.314 e. The number of fused-ring (bicyclic) bond motifs is 3. The summed E-state index contributed by atoms with van der Waals surface area (Å²) >= 11 is 0. The SMILES string of the molecule is Cc1c(C)n(-c2ccc(N(c3ccc(-n4c(C)c(C)c5ccccc54)cc3)c3ccc(-n4c(C)c(C)c5ccccc54)cc3)cc2)c2ccccc12. The van der Waals surface area contributed by atoms with Crippen LogP contribution in [0.1, 0.15) is 33.8 Å². The van der Waals surface area contributed by atoms with Gasteiger partial charge in [-0.3, -0.25) is 0 Å². The van der Waals surface area contributed by atoms with Gasteiger partial charge in [0.2, 0.25) is 0 Å². The van der Waals surface area contributed by atoms with E-state index in [-0.39, 0.29) is 0 Å². The lowest BCUT2D eigenvalue weighted by Crippen LogP contribution is -2.11. The highest BCUT2D eigenvalue weighted by Gasteiger charge is 2.18. The van der Waals surface area contributed by atoms with E-state index in [0.29, 0.717) is 0 Å². The van der Waals surface area contributed by atoms with Crippen LogP contribution >= 0.6 is 0 Å². The largest absolute Gasteiger partial charge is 0.314 e. The van der Waals surface area contributed by atoms with Crippen LogP contribution in [0.2, 0.25) is 0 Å². The molecule has 0 aliphatic rings. The lowest BCUT2D eigenvalue weighted by molar-refractivity contribution is 1.04. The molecule has 4 nitrogen and oxygen atoms in total. The number of benzene rings is 6. The molecule has 0 aliphatic heterocycles. The van der Waals surface area contributed by atoms with Crippen molar-refractivity contribution in [2.24, 2.45) is 0 Å². The summed E-state index contributed by atoms with van der Waals surface area (Å²) in [6, 6.07) is 53.1. The van der Waals surface area contributed by atoms with E-state index in [0.717, 1.165) is 34.1 Å². The maximum atomic E-state index is 2.37. The van der Waals surface area contributed by atoms with Gasteiger partial charge in [0, 0.05) is 67.4 Å². The van der Waals surface area contributed by atoms with Crippen LogP contribution in [-0.2, 0) is 0 Å². The number of hydrogen-bond donors (Lipinski definition) is 0. The summed E-state index contributed by atoms with van der Waals surface area (Å²) in [5.41, 5.74) is 18.3. The second-order valence-electron chi connectivity index (χ2n) is 14.1. The molecule has 0 aliphatic carbocycles. The number of hydrogen-bond acceptors (Lipinski definition) is 1. The summed E-state index contributed by atoms with van der Waals surface area (Å²) in [4.78, 5) is 2.36. The van der Waals surface area contributed by atoms with Crippen molar-refractivity contribution < 1.29 is 0 Å². The Morgan fingerprint density at radius 2 is 0.558 bits per heavy atom. The van der Waals surface area contributed by atoms with Crippen molar-refractivity contribution in [3.8, 4) is 17.1 Å². The third kappa shape index (κ3) is 4.82. The molecular formula is C48H42N4. The standard InChI is InChI=1S/C48H42N4/c1-31-34(4)49(46-16-10-7-13-43(31)46)37-19-25-40(26-20-37)52(41-27-21-38(22-28-41)50-35(5)32(2)44-14-8-11-17-47(44)50)42-29-23-39(24-30-42)51-36(6)33(3)45-15-9-12-18-48(45)51/h7-30H,1-6H3. The molecule has 0 spiro atoms. The van der Waals surface area contributed by atoms with Crippen molar-refractivity contribution in [1.82, 2.24) is 13.7 Å². The number of para-hydroxylation sites is 3. The van der Waals surface area contributed by atoms with Crippen LogP contribution < -0.4 is 4.90 Å². The Labute approximate surface area is 305 Å². The quantitative estimate of drug-likeness (QED) is 0.172. The van der Waals surface area contributed by atoms with Crippen molar-refractivity contribution in [2.45, 2.75) is 41.5 Å². The van der Waals surface area contributed by atoms with Crippen molar-refractivity contribution in [3.63, 3.8) is 0 Å². The molecule has 0 fully saturated rings. The Hall–Kier alpha value is -6.26.